The molecule has 0 saturated carbocycles. The lowest BCUT2D eigenvalue weighted by molar-refractivity contribution is 0.586. The Morgan fingerprint density at radius 3 is 1.58 bits per heavy atom. The summed E-state index contributed by atoms with van der Waals surface area (Å²) in [5, 5.41) is 0. The molecule has 26 heavy (non-hydrogen) atoms. The summed E-state index contributed by atoms with van der Waals surface area (Å²) < 4.78 is 0. The summed E-state index contributed by atoms with van der Waals surface area (Å²) in [5.41, 5.74) is -0.196. The third kappa shape index (κ3) is 10.3. The number of unbranched alkanes of at least 4 members (excludes halogenated alkanes) is 7. The van der Waals surface area contributed by atoms with E-state index in [1.165, 1.54) is 66.9 Å². The van der Waals surface area contributed by atoms with Gasteiger partial charge < -0.3 is 0 Å². The summed E-state index contributed by atoms with van der Waals surface area (Å²) in [7, 11) is 0. The minimum absolute atomic E-state index is 0.196. The topological polar surface area (TPSA) is 0 Å². The lowest BCUT2D eigenvalue weighted by atomic mass is 10.1. The van der Waals surface area contributed by atoms with Crippen molar-refractivity contribution in [2.45, 2.75) is 68.1 Å². The van der Waals surface area contributed by atoms with Crippen LogP contribution in [0.3, 0.4) is 0 Å². The molecule has 0 unspecified atom stereocenters. The molecule has 0 saturated heterocycles. The van der Waals surface area contributed by atoms with Gasteiger partial charge in [0, 0.05) is 9.79 Å². The van der Waals surface area contributed by atoms with Crippen molar-refractivity contribution in [3.63, 3.8) is 0 Å². The van der Waals surface area contributed by atoms with Crippen molar-refractivity contribution in [1.29, 1.82) is 0 Å². The van der Waals surface area contributed by atoms with Crippen LogP contribution < -0.4 is 0 Å². The first-order chi connectivity index (χ1) is 12.9. The maximum absolute atomic E-state index is 2.29. The molecular weight excluding hydrogens is 391 g/mol. The second kappa shape index (κ2) is 14.9. The molecule has 0 spiro atoms. The lowest BCUT2D eigenvalue weighted by Crippen LogP contribution is -1.82. The van der Waals surface area contributed by atoms with Crippen molar-refractivity contribution in [3.05, 3.63) is 60.7 Å². The highest BCUT2D eigenvalue weighted by Gasteiger charge is 2.13. The smallest absolute Gasteiger partial charge is 0.0827 e. The number of rotatable bonds is 14. The second-order valence-electron chi connectivity index (χ2n) is 6.34. The van der Waals surface area contributed by atoms with Crippen LogP contribution in [0.25, 0.3) is 0 Å². The van der Waals surface area contributed by atoms with Crippen molar-refractivity contribution in [2.24, 2.45) is 0 Å². The van der Waals surface area contributed by atoms with Gasteiger partial charge in [-0.15, -0.1) is 11.4 Å². The monoisotopic (exact) mass is 422 g/mol. The Labute approximate surface area is 173 Å². The minimum Gasteiger partial charge on any atom is -0.112 e. The van der Waals surface area contributed by atoms with E-state index in [0.717, 1.165) is 0 Å². The number of hydrogen-bond acceptors (Lipinski definition) is 3. The van der Waals surface area contributed by atoms with Gasteiger partial charge in [-0.2, -0.15) is 0 Å². The number of hydrogen-bond donors (Lipinski definition) is 0. The Hall–Kier alpha value is -0.0800. The molecule has 0 aliphatic heterocycles. The largest absolute Gasteiger partial charge is 0.112 e. The summed E-state index contributed by atoms with van der Waals surface area (Å²) in [6, 6.07) is 21.7. The normalized spacial score (nSPS) is 11.2. The SMILES string of the molecule is CCCCCCCCCCSP(Sc1ccccc1)Sc1ccccc1. The van der Waals surface area contributed by atoms with Crippen molar-refractivity contribution in [2.75, 3.05) is 5.75 Å². The maximum atomic E-state index is 2.29. The van der Waals surface area contributed by atoms with E-state index in [1.807, 2.05) is 0 Å². The van der Waals surface area contributed by atoms with Gasteiger partial charge in [-0.25, -0.2) is 0 Å². The van der Waals surface area contributed by atoms with E-state index >= 15 is 0 Å². The molecule has 0 aliphatic carbocycles. The van der Waals surface area contributed by atoms with Gasteiger partial charge >= 0.3 is 0 Å². The van der Waals surface area contributed by atoms with Gasteiger partial charge in [0.25, 0.3) is 0 Å². The molecule has 0 bridgehead atoms. The Morgan fingerprint density at radius 1 is 0.615 bits per heavy atom. The predicted octanol–water partition coefficient (Wildman–Crippen LogP) is 9.67. The summed E-state index contributed by atoms with van der Waals surface area (Å²) in [6.45, 7) is 2.29. The van der Waals surface area contributed by atoms with Gasteiger partial charge in [0.15, 0.2) is 0 Å². The molecule has 0 heterocycles. The van der Waals surface area contributed by atoms with E-state index in [9.17, 15) is 0 Å². The van der Waals surface area contributed by atoms with Crippen LogP contribution in [0.4, 0.5) is 0 Å². The standard InChI is InChI=1S/C22H31PS3/c1-2-3-4-5-6-7-8-15-20-24-23(25-21-16-11-9-12-17-21)26-22-18-13-10-14-19-22/h9-14,16-19H,2-8,15,20H2,1H3. The zero-order valence-electron chi connectivity index (χ0n) is 15.8. The Kier molecular flexibility index (Phi) is 12.7. The van der Waals surface area contributed by atoms with Crippen LogP contribution in [0, 0.1) is 0 Å². The molecule has 0 amide bonds. The Bertz CT molecular complexity index is 521. The molecule has 0 nitrogen and oxygen atoms in total. The molecule has 0 radical (unpaired) electrons. The molecule has 0 atom stereocenters. The van der Waals surface area contributed by atoms with Crippen molar-refractivity contribution in [3.8, 4) is 0 Å². The molecule has 0 N–H and O–H groups in total. The molecular formula is C22H31PS3. The van der Waals surface area contributed by atoms with Crippen LogP contribution >= 0.6 is 39.7 Å². The van der Waals surface area contributed by atoms with E-state index in [-0.39, 0.29) is 5.53 Å². The molecule has 0 aliphatic rings. The Balaban J connectivity index is 1.70. The van der Waals surface area contributed by atoms with Crippen molar-refractivity contribution >= 4 is 39.7 Å². The summed E-state index contributed by atoms with van der Waals surface area (Å²) in [6.07, 6.45) is 11.2. The zero-order valence-corrected chi connectivity index (χ0v) is 19.2. The highest BCUT2D eigenvalue weighted by molar-refractivity contribution is 9.12. The highest BCUT2D eigenvalue weighted by Crippen LogP contribution is 2.74. The fourth-order valence-electron chi connectivity index (χ4n) is 2.58. The maximum Gasteiger partial charge on any atom is 0.0827 e. The third-order valence-electron chi connectivity index (χ3n) is 4.04. The molecule has 2 aromatic carbocycles. The molecule has 0 aromatic heterocycles. The molecule has 4 heteroatoms. The van der Waals surface area contributed by atoms with Crippen molar-refractivity contribution in [1.82, 2.24) is 0 Å². The van der Waals surface area contributed by atoms with Crippen LogP contribution in [0.2, 0.25) is 0 Å². The second-order valence-corrected chi connectivity index (χ2v) is 16.0. The van der Waals surface area contributed by atoms with Crippen LogP contribution in [0.5, 0.6) is 0 Å². The van der Waals surface area contributed by atoms with Gasteiger partial charge in [-0.1, -0.05) is 111 Å². The quantitative estimate of drug-likeness (QED) is 0.220. The first kappa shape index (κ1) is 22.2. The summed E-state index contributed by atoms with van der Waals surface area (Å²) >= 11 is 6.28. The lowest BCUT2D eigenvalue weighted by Gasteiger charge is -2.15. The summed E-state index contributed by atoms with van der Waals surface area (Å²) in [5.74, 6) is 1.29. The fourth-order valence-corrected chi connectivity index (χ4v) is 12.9. The van der Waals surface area contributed by atoms with Crippen LogP contribution in [-0.2, 0) is 0 Å². The van der Waals surface area contributed by atoms with Gasteiger partial charge in [0.1, 0.15) is 0 Å². The predicted molar refractivity (Wildman–Crippen MR) is 127 cm³/mol. The fraction of sp³-hybridized carbons (Fsp3) is 0.455. The average Bonchev–Trinajstić information content (AvgIpc) is 2.68. The minimum atomic E-state index is -0.196. The molecule has 0 fully saturated rings. The van der Waals surface area contributed by atoms with E-state index in [2.05, 4.69) is 102 Å². The number of benzene rings is 2. The average molecular weight is 423 g/mol. The van der Waals surface area contributed by atoms with Gasteiger partial charge in [-0.3, -0.25) is 0 Å². The van der Waals surface area contributed by atoms with Crippen molar-refractivity contribution < 1.29 is 0 Å². The Morgan fingerprint density at radius 2 is 1.08 bits per heavy atom. The van der Waals surface area contributed by atoms with E-state index in [1.54, 1.807) is 0 Å². The third-order valence-corrected chi connectivity index (χ3v) is 13.9. The van der Waals surface area contributed by atoms with E-state index in [4.69, 9.17) is 0 Å². The van der Waals surface area contributed by atoms with Crippen LogP contribution in [0.15, 0.2) is 70.5 Å². The highest BCUT2D eigenvalue weighted by atomic mass is 33.4. The molecule has 142 valence electrons. The first-order valence-corrected chi connectivity index (χ1v) is 15.5. The van der Waals surface area contributed by atoms with Crippen LogP contribution in [-0.4, -0.2) is 5.75 Å². The summed E-state index contributed by atoms with van der Waals surface area (Å²) in [4.78, 5) is 2.79. The van der Waals surface area contributed by atoms with Gasteiger partial charge in [-0.05, 0) is 36.4 Å². The van der Waals surface area contributed by atoms with Gasteiger partial charge in [0.05, 0.1) is 5.53 Å². The zero-order chi connectivity index (χ0) is 18.3. The molecule has 2 rings (SSSR count). The first-order valence-electron chi connectivity index (χ1n) is 9.77. The van der Waals surface area contributed by atoms with E-state index in [0.29, 0.717) is 0 Å². The van der Waals surface area contributed by atoms with E-state index < -0.39 is 0 Å². The van der Waals surface area contributed by atoms with Gasteiger partial charge in [0.2, 0.25) is 0 Å². The van der Waals surface area contributed by atoms with Crippen LogP contribution in [0.1, 0.15) is 58.3 Å². The molecule has 2 aromatic rings.